The van der Waals surface area contributed by atoms with Crippen LogP contribution in [-0.4, -0.2) is 0 Å². The summed E-state index contributed by atoms with van der Waals surface area (Å²) >= 11 is 3.19. The highest BCUT2D eigenvalue weighted by Crippen LogP contribution is 2.20. The summed E-state index contributed by atoms with van der Waals surface area (Å²) in [5.41, 5.74) is 1.79. The molecule has 18 heavy (non-hydrogen) atoms. The zero-order valence-corrected chi connectivity index (χ0v) is 11.4. The molecule has 1 N–H and O–H groups in total. The van der Waals surface area contributed by atoms with E-state index in [1.165, 1.54) is 12.1 Å². The quantitative estimate of drug-likeness (QED) is 0.870. The Morgan fingerprint density at radius 1 is 1.06 bits per heavy atom. The Balaban J connectivity index is 2.09. The van der Waals surface area contributed by atoms with Crippen molar-refractivity contribution >= 4 is 21.6 Å². The summed E-state index contributed by atoms with van der Waals surface area (Å²) in [4.78, 5) is 0. The molecule has 0 amide bonds. The molecule has 2 rings (SSSR count). The van der Waals surface area contributed by atoms with Crippen molar-refractivity contribution in [1.82, 2.24) is 0 Å². The molecule has 0 atom stereocenters. The minimum Gasteiger partial charge on any atom is -0.379 e. The standard InChI is InChI=1S/C14H12BrF2N/c1-9-2-3-10(6-12(9)16)8-18-14-5-4-11(15)7-13(14)17/h2-7,18H,8H2,1H3. The minimum absolute atomic E-state index is 0.245. The Kier molecular flexibility index (Phi) is 3.97. The molecule has 0 saturated carbocycles. The second-order valence-electron chi connectivity index (χ2n) is 4.06. The maximum Gasteiger partial charge on any atom is 0.147 e. The van der Waals surface area contributed by atoms with E-state index >= 15 is 0 Å². The zero-order chi connectivity index (χ0) is 13.1. The molecule has 0 saturated heterocycles. The van der Waals surface area contributed by atoms with Gasteiger partial charge in [-0.05, 0) is 42.3 Å². The van der Waals surface area contributed by atoms with Gasteiger partial charge in [-0.1, -0.05) is 28.1 Å². The van der Waals surface area contributed by atoms with E-state index in [0.29, 0.717) is 22.3 Å². The van der Waals surface area contributed by atoms with Gasteiger partial charge < -0.3 is 5.32 Å². The van der Waals surface area contributed by atoms with Crippen molar-refractivity contribution in [2.24, 2.45) is 0 Å². The normalized spacial score (nSPS) is 10.4. The topological polar surface area (TPSA) is 12.0 Å². The average Bonchev–Trinajstić information content (AvgIpc) is 2.32. The molecule has 0 heterocycles. The number of hydrogen-bond donors (Lipinski definition) is 1. The van der Waals surface area contributed by atoms with Crippen LogP contribution in [0.15, 0.2) is 40.9 Å². The summed E-state index contributed by atoms with van der Waals surface area (Å²) in [5, 5.41) is 2.94. The van der Waals surface area contributed by atoms with Gasteiger partial charge >= 0.3 is 0 Å². The molecular weight excluding hydrogens is 300 g/mol. The van der Waals surface area contributed by atoms with Gasteiger partial charge in [-0.3, -0.25) is 0 Å². The fourth-order valence-electron chi connectivity index (χ4n) is 1.58. The maximum absolute atomic E-state index is 13.5. The molecule has 0 aliphatic heterocycles. The van der Waals surface area contributed by atoms with Gasteiger partial charge in [-0.25, -0.2) is 8.78 Å². The Morgan fingerprint density at radius 2 is 1.83 bits per heavy atom. The number of hydrogen-bond acceptors (Lipinski definition) is 1. The van der Waals surface area contributed by atoms with Crippen LogP contribution in [0.1, 0.15) is 11.1 Å². The monoisotopic (exact) mass is 311 g/mol. The minimum atomic E-state index is -0.336. The Labute approximate surface area is 113 Å². The van der Waals surface area contributed by atoms with Crippen molar-refractivity contribution in [3.05, 3.63) is 63.6 Å². The molecule has 0 aromatic heterocycles. The average molecular weight is 312 g/mol. The van der Waals surface area contributed by atoms with E-state index in [1.807, 2.05) is 6.07 Å². The number of rotatable bonds is 3. The van der Waals surface area contributed by atoms with Crippen molar-refractivity contribution in [3.63, 3.8) is 0 Å². The molecule has 94 valence electrons. The second kappa shape index (κ2) is 5.48. The lowest BCUT2D eigenvalue weighted by atomic mass is 10.1. The first-order chi connectivity index (χ1) is 8.56. The van der Waals surface area contributed by atoms with Crippen LogP contribution in [0.4, 0.5) is 14.5 Å². The van der Waals surface area contributed by atoms with E-state index in [1.54, 1.807) is 25.1 Å². The summed E-state index contributed by atoms with van der Waals surface area (Å²) in [5.74, 6) is -0.581. The van der Waals surface area contributed by atoms with Gasteiger partial charge in [-0.15, -0.1) is 0 Å². The first kappa shape index (κ1) is 13.0. The van der Waals surface area contributed by atoms with Crippen LogP contribution in [0.3, 0.4) is 0 Å². The number of benzene rings is 2. The van der Waals surface area contributed by atoms with Crippen LogP contribution in [0.25, 0.3) is 0 Å². The lowest BCUT2D eigenvalue weighted by Crippen LogP contribution is -2.02. The van der Waals surface area contributed by atoms with E-state index in [9.17, 15) is 8.78 Å². The van der Waals surface area contributed by atoms with Crippen LogP contribution < -0.4 is 5.32 Å². The number of aryl methyl sites for hydroxylation is 1. The van der Waals surface area contributed by atoms with Gasteiger partial charge in [-0.2, -0.15) is 0 Å². The Bertz CT molecular complexity index is 570. The molecule has 0 aliphatic rings. The first-order valence-electron chi connectivity index (χ1n) is 5.50. The van der Waals surface area contributed by atoms with Gasteiger partial charge in [0.2, 0.25) is 0 Å². The molecule has 2 aromatic carbocycles. The third kappa shape index (κ3) is 3.07. The van der Waals surface area contributed by atoms with E-state index < -0.39 is 0 Å². The third-order valence-electron chi connectivity index (χ3n) is 2.65. The molecule has 0 radical (unpaired) electrons. The van der Waals surface area contributed by atoms with E-state index in [-0.39, 0.29) is 11.6 Å². The van der Waals surface area contributed by atoms with Crippen molar-refractivity contribution in [1.29, 1.82) is 0 Å². The summed E-state index contributed by atoms with van der Waals surface area (Å²) in [7, 11) is 0. The molecule has 4 heteroatoms. The lowest BCUT2D eigenvalue weighted by molar-refractivity contribution is 0.616. The van der Waals surface area contributed by atoms with E-state index in [4.69, 9.17) is 0 Å². The highest BCUT2D eigenvalue weighted by atomic mass is 79.9. The Hall–Kier alpha value is -1.42. The number of halogens is 3. The molecular formula is C14H12BrF2N. The van der Waals surface area contributed by atoms with E-state index in [2.05, 4.69) is 21.2 Å². The molecule has 0 bridgehead atoms. The lowest BCUT2D eigenvalue weighted by Gasteiger charge is -2.08. The predicted molar refractivity (Wildman–Crippen MR) is 72.6 cm³/mol. The fourth-order valence-corrected chi connectivity index (χ4v) is 1.91. The highest BCUT2D eigenvalue weighted by Gasteiger charge is 2.03. The van der Waals surface area contributed by atoms with Gasteiger partial charge in [0, 0.05) is 11.0 Å². The molecule has 0 aliphatic carbocycles. The highest BCUT2D eigenvalue weighted by molar-refractivity contribution is 9.10. The Morgan fingerprint density at radius 3 is 2.50 bits per heavy atom. The van der Waals surface area contributed by atoms with Crippen LogP contribution >= 0.6 is 15.9 Å². The maximum atomic E-state index is 13.5. The molecule has 0 fully saturated rings. The van der Waals surface area contributed by atoms with Gasteiger partial charge in [0.1, 0.15) is 11.6 Å². The van der Waals surface area contributed by atoms with Crippen LogP contribution in [0.5, 0.6) is 0 Å². The van der Waals surface area contributed by atoms with Crippen molar-refractivity contribution in [2.45, 2.75) is 13.5 Å². The van der Waals surface area contributed by atoms with Gasteiger partial charge in [0.25, 0.3) is 0 Å². The first-order valence-corrected chi connectivity index (χ1v) is 6.29. The summed E-state index contributed by atoms with van der Waals surface area (Å²) < 4.78 is 27.5. The SMILES string of the molecule is Cc1ccc(CNc2ccc(Br)cc2F)cc1F. The predicted octanol–water partition coefficient (Wildman–Crippen LogP) is 4.65. The van der Waals surface area contributed by atoms with Crippen molar-refractivity contribution in [2.75, 3.05) is 5.32 Å². The van der Waals surface area contributed by atoms with Crippen molar-refractivity contribution in [3.8, 4) is 0 Å². The van der Waals surface area contributed by atoms with E-state index in [0.717, 1.165) is 5.56 Å². The van der Waals surface area contributed by atoms with Gasteiger partial charge in [0.05, 0.1) is 5.69 Å². The van der Waals surface area contributed by atoms with Crippen molar-refractivity contribution < 1.29 is 8.78 Å². The second-order valence-corrected chi connectivity index (χ2v) is 4.98. The molecule has 1 nitrogen and oxygen atoms in total. The molecule has 0 spiro atoms. The zero-order valence-electron chi connectivity index (χ0n) is 9.81. The fraction of sp³-hybridized carbons (Fsp3) is 0.143. The largest absolute Gasteiger partial charge is 0.379 e. The summed E-state index contributed by atoms with van der Waals surface area (Å²) in [6, 6.07) is 9.77. The smallest absolute Gasteiger partial charge is 0.147 e. The van der Waals surface area contributed by atoms with Gasteiger partial charge in [0.15, 0.2) is 0 Å². The number of anilines is 1. The third-order valence-corrected chi connectivity index (χ3v) is 3.14. The van der Waals surface area contributed by atoms with Crippen LogP contribution in [0.2, 0.25) is 0 Å². The molecule has 0 unspecified atom stereocenters. The van der Waals surface area contributed by atoms with Crippen LogP contribution in [-0.2, 0) is 6.54 Å². The van der Waals surface area contributed by atoms with Crippen LogP contribution in [0, 0.1) is 18.6 Å². The number of nitrogens with one attached hydrogen (secondary N) is 1. The summed E-state index contributed by atoms with van der Waals surface area (Å²) in [6.07, 6.45) is 0. The summed E-state index contributed by atoms with van der Waals surface area (Å²) in [6.45, 7) is 2.09. The molecule has 2 aromatic rings.